The Bertz CT molecular complexity index is 310. The number of carboxylic acid groups (broad SMARTS) is 1. The molecular weight excluding hydrogens is 164 g/mol. The minimum atomic E-state index is -1.32. The number of carbonyl (C=O) groups is 2. The highest BCUT2D eigenvalue weighted by atomic mass is 16.5. The van der Waals surface area contributed by atoms with Gasteiger partial charge in [-0.05, 0) is 0 Å². The van der Waals surface area contributed by atoms with Crippen molar-refractivity contribution < 1.29 is 19.2 Å². The second-order valence-electron chi connectivity index (χ2n) is 2.14. The van der Waals surface area contributed by atoms with Gasteiger partial charge in [0.25, 0.3) is 0 Å². The zero-order chi connectivity index (χ0) is 9.30. The van der Waals surface area contributed by atoms with Crippen molar-refractivity contribution in [1.82, 2.24) is 5.16 Å². The normalized spacial score (nSPS) is 9.75. The van der Waals surface area contributed by atoms with Crippen LogP contribution in [0.25, 0.3) is 0 Å². The van der Waals surface area contributed by atoms with Gasteiger partial charge in [0.15, 0.2) is 5.78 Å². The number of rotatable bonds is 2. The van der Waals surface area contributed by atoms with Crippen LogP contribution in [-0.4, -0.2) is 22.0 Å². The van der Waals surface area contributed by atoms with Crippen molar-refractivity contribution in [3.8, 4) is 0 Å². The largest absolute Gasteiger partial charge is 0.476 e. The summed E-state index contributed by atoms with van der Waals surface area (Å²) in [6.07, 6.45) is 0. The van der Waals surface area contributed by atoms with E-state index in [2.05, 4.69) is 9.68 Å². The molecule has 6 nitrogen and oxygen atoms in total. The molecule has 1 rings (SSSR count). The molecular formula is C6H6N2O4. The number of nitrogens with zero attached hydrogens (tertiary/aromatic N) is 1. The molecule has 0 atom stereocenters. The molecule has 0 bridgehead atoms. The number of nitrogens with two attached hydrogens (primary N) is 1. The molecule has 1 heterocycles. The highest BCUT2D eigenvalue weighted by Crippen LogP contribution is 2.16. The number of aromatic carboxylic acids is 1. The van der Waals surface area contributed by atoms with Crippen LogP contribution in [0.5, 0.6) is 0 Å². The van der Waals surface area contributed by atoms with Gasteiger partial charge >= 0.3 is 5.97 Å². The van der Waals surface area contributed by atoms with E-state index in [1.165, 1.54) is 6.92 Å². The zero-order valence-corrected chi connectivity index (χ0v) is 6.20. The predicted octanol–water partition coefficient (Wildman–Crippen LogP) is 0.158. The van der Waals surface area contributed by atoms with Crippen LogP contribution in [-0.2, 0) is 0 Å². The van der Waals surface area contributed by atoms with Gasteiger partial charge < -0.3 is 15.4 Å². The summed E-state index contributed by atoms with van der Waals surface area (Å²) in [4.78, 5) is 21.0. The molecule has 0 saturated carbocycles. The van der Waals surface area contributed by atoms with Crippen LogP contribution < -0.4 is 5.73 Å². The lowest BCUT2D eigenvalue weighted by Gasteiger charge is -1.88. The Morgan fingerprint density at radius 3 is 2.42 bits per heavy atom. The van der Waals surface area contributed by atoms with Gasteiger partial charge in [0, 0.05) is 6.92 Å². The Morgan fingerprint density at radius 1 is 1.58 bits per heavy atom. The molecule has 0 radical (unpaired) electrons. The lowest BCUT2D eigenvalue weighted by atomic mass is 10.2. The number of hydrogen-bond acceptors (Lipinski definition) is 5. The Kier molecular flexibility index (Phi) is 1.82. The molecule has 0 aliphatic heterocycles. The maximum Gasteiger partial charge on any atom is 0.360 e. The van der Waals surface area contributed by atoms with Gasteiger partial charge in [0.05, 0.1) is 0 Å². The number of nitrogen functional groups attached to an aromatic ring is 1. The molecule has 0 aliphatic rings. The number of Topliss-reactive ketones (excluding diaryl/α,β-unsaturated/α-hetero) is 1. The Balaban J connectivity index is 3.22. The van der Waals surface area contributed by atoms with Gasteiger partial charge in [-0.2, -0.15) is 0 Å². The number of carboxylic acids is 1. The summed E-state index contributed by atoms with van der Waals surface area (Å²) in [6, 6.07) is 0. The quantitative estimate of drug-likeness (QED) is 0.612. The van der Waals surface area contributed by atoms with Crippen molar-refractivity contribution in [2.24, 2.45) is 0 Å². The maximum atomic E-state index is 10.7. The molecule has 12 heavy (non-hydrogen) atoms. The van der Waals surface area contributed by atoms with Gasteiger partial charge in [-0.3, -0.25) is 4.79 Å². The molecule has 0 saturated heterocycles. The summed E-state index contributed by atoms with van der Waals surface area (Å²) in [5.74, 6) is -1.98. The summed E-state index contributed by atoms with van der Waals surface area (Å²) in [5, 5.41) is 11.6. The van der Waals surface area contributed by atoms with Crippen LogP contribution in [0.4, 0.5) is 5.69 Å². The van der Waals surface area contributed by atoms with Crippen LogP contribution in [0.15, 0.2) is 4.52 Å². The van der Waals surface area contributed by atoms with E-state index in [9.17, 15) is 9.59 Å². The van der Waals surface area contributed by atoms with E-state index < -0.39 is 17.4 Å². The molecule has 6 heteroatoms. The molecule has 0 aromatic carbocycles. The second-order valence-corrected chi connectivity index (χ2v) is 2.14. The van der Waals surface area contributed by atoms with Crippen molar-refractivity contribution in [3.63, 3.8) is 0 Å². The first-order chi connectivity index (χ1) is 5.54. The summed E-state index contributed by atoms with van der Waals surface area (Å²) in [7, 11) is 0. The predicted molar refractivity (Wildman–Crippen MR) is 37.9 cm³/mol. The summed E-state index contributed by atoms with van der Waals surface area (Å²) in [5.41, 5.74) is 4.59. The molecule has 1 aromatic heterocycles. The number of carbonyl (C=O) groups excluding carboxylic acids is 1. The van der Waals surface area contributed by atoms with Crippen molar-refractivity contribution in [1.29, 1.82) is 0 Å². The Labute approximate surface area is 66.9 Å². The third-order valence-electron chi connectivity index (χ3n) is 1.25. The van der Waals surface area contributed by atoms with Crippen LogP contribution in [0, 0.1) is 0 Å². The van der Waals surface area contributed by atoms with Gasteiger partial charge in [0.2, 0.25) is 11.5 Å². The average Bonchev–Trinajstić information content (AvgIpc) is 2.30. The van der Waals surface area contributed by atoms with Crippen molar-refractivity contribution in [2.75, 3.05) is 5.73 Å². The van der Waals surface area contributed by atoms with E-state index in [-0.39, 0.29) is 11.4 Å². The van der Waals surface area contributed by atoms with Crippen LogP contribution in [0.2, 0.25) is 0 Å². The van der Waals surface area contributed by atoms with Crippen LogP contribution in [0.3, 0.4) is 0 Å². The maximum absolute atomic E-state index is 10.7. The lowest BCUT2D eigenvalue weighted by molar-refractivity contribution is 0.0685. The van der Waals surface area contributed by atoms with Crippen LogP contribution >= 0.6 is 0 Å². The fourth-order valence-corrected chi connectivity index (χ4v) is 0.705. The van der Waals surface area contributed by atoms with E-state index in [0.717, 1.165) is 0 Å². The zero-order valence-electron chi connectivity index (χ0n) is 6.20. The number of ketones is 1. The van der Waals surface area contributed by atoms with Gasteiger partial charge in [-0.1, -0.05) is 5.16 Å². The molecule has 0 fully saturated rings. The molecule has 0 unspecified atom stereocenters. The molecule has 64 valence electrons. The van der Waals surface area contributed by atoms with Crippen molar-refractivity contribution in [3.05, 3.63) is 11.5 Å². The molecule has 1 aromatic rings. The van der Waals surface area contributed by atoms with Gasteiger partial charge in [0.1, 0.15) is 5.69 Å². The monoisotopic (exact) mass is 170 g/mol. The fourth-order valence-electron chi connectivity index (χ4n) is 0.705. The van der Waals surface area contributed by atoms with E-state index >= 15 is 0 Å². The smallest absolute Gasteiger partial charge is 0.360 e. The Morgan fingerprint density at radius 2 is 2.17 bits per heavy atom. The molecule has 0 spiro atoms. The second kappa shape index (κ2) is 2.65. The summed E-state index contributed by atoms with van der Waals surface area (Å²) in [6.45, 7) is 1.21. The van der Waals surface area contributed by atoms with E-state index in [1.54, 1.807) is 0 Å². The highest BCUT2D eigenvalue weighted by Gasteiger charge is 2.20. The first-order valence-corrected chi connectivity index (χ1v) is 3.03. The van der Waals surface area contributed by atoms with Gasteiger partial charge in [-0.25, -0.2) is 4.79 Å². The standard InChI is InChI=1S/C6H6N2O4/c1-2(9)5-3(7)4(6(10)11)8-12-5/h7H2,1H3,(H,10,11). The van der Waals surface area contributed by atoms with Crippen molar-refractivity contribution >= 4 is 17.4 Å². The average molecular weight is 170 g/mol. The van der Waals surface area contributed by atoms with Gasteiger partial charge in [-0.15, -0.1) is 0 Å². The van der Waals surface area contributed by atoms with E-state index in [4.69, 9.17) is 10.8 Å². The third-order valence-corrected chi connectivity index (χ3v) is 1.25. The summed E-state index contributed by atoms with van der Waals surface area (Å²) < 4.78 is 4.41. The number of hydrogen-bond donors (Lipinski definition) is 2. The fraction of sp³-hybridized carbons (Fsp3) is 0.167. The third kappa shape index (κ3) is 1.14. The molecule has 3 N–H and O–H groups in total. The SMILES string of the molecule is CC(=O)c1onc(C(=O)O)c1N. The highest BCUT2D eigenvalue weighted by molar-refractivity contribution is 6.01. The topological polar surface area (TPSA) is 106 Å². The molecule has 0 amide bonds. The van der Waals surface area contributed by atoms with Crippen LogP contribution in [0.1, 0.15) is 28.0 Å². The number of aromatic nitrogens is 1. The first kappa shape index (κ1) is 8.25. The first-order valence-electron chi connectivity index (χ1n) is 3.03. The van der Waals surface area contributed by atoms with E-state index in [1.807, 2.05) is 0 Å². The minimum absolute atomic E-state index is 0.215. The molecule has 0 aliphatic carbocycles. The summed E-state index contributed by atoms with van der Waals surface area (Å²) >= 11 is 0. The lowest BCUT2D eigenvalue weighted by Crippen LogP contribution is -2.03. The number of anilines is 1. The Hall–Kier alpha value is -1.85. The van der Waals surface area contributed by atoms with Crippen molar-refractivity contribution in [2.45, 2.75) is 6.92 Å². The minimum Gasteiger partial charge on any atom is -0.476 e. The van der Waals surface area contributed by atoms with E-state index in [0.29, 0.717) is 0 Å².